The van der Waals surface area contributed by atoms with Gasteiger partial charge in [-0.05, 0) is 73.5 Å². The number of hydrogen-bond acceptors (Lipinski definition) is 3. The first-order chi connectivity index (χ1) is 13.8. The summed E-state index contributed by atoms with van der Waals surface area (Å²) in [5.74, 6) is 2.59. The molecule has 4 rings (SSSR count). The molecule has 4 aromatic rings. The Morgan fingerprint density at radius 1 is 0.964 bits per heavy atom. The number of aryl methyl sites for hydroxylation is 1. The second-order valence-electron chi connectivity index (χ2n) is 6.47. The highest BCUT2D eigenvalue weighted by Crippen LogP contribution is 2.20. The van der Waals surface area contributed by atoms with Crippen LogP contribution in [0.2, 0.25) is 5.02 Å². The summed E-state index contributed by atoms with van der Waals surface area (Å²) in [6.07, 6.45) is 7.57. The lowest BCUT2D eigenvalue weighted by Crippen LogP contribution is -2.04. The lowest BCUT2D eigenvalue weighted by atomic mass is 10.3. The van der Waals surface area contributed by atoms with Crippen LogP contribution in [0.4, 0.5) is 0 Å². The van der Waals surface area contributed by atoms with E-state index in [4.69, 9.17) is 25.7 Å². The van der Waals surface area contributed by atoms with E-state index in [-0.39, 0.29) is 0 Å². The Kier molecular flexibility index (Phi) is 5.78. The van der Waals surface area contributed by atoms with Crippen molar-refractivity contribution in [3.8, 4) is 5.75 Å². The third-order valence-electron chi connectivity index (χ3n) is 4.48. The van der Waals surface area contributed by atoms with Crippen LogP contribution in [0.3, 0.4) is 0 Å². The summed E-state index contributed by atoms with van der Waals surface area (Å²) in [6, 6.07) is 19.5. The number of benzene rings is 2. The van der Waals surface area contributed by atoms with Gasteiger partial charge < -0.3 is 13.7 Å². The predicted octanol–water partition coefficient (Wildman–Crippen LogP) is 6.31. The highest BCUT2D eigenvalue weighted by atomic mass is 35.5. The zero-order chi connectivity index (χ0) is 19.2. The van der Waals surface area contributed by atoms with Crippen molar-refractivity contribution in [2.45, 2.75) is 19.4 Å². The van der Waals surface area contributed by atoms with Crippen molar-refractivity contribution >= 4 is 34.8 Å². The summed E-state index contributed by atoms with van der Waals surface area (Å²) in [6.45, 7) is 1.55. The summed E-state index contributed by atoms with van der Waals surface area (Å²) in [7, 11) is 0. The highest BCUT2D eigenvalue weighted by Gasteiger charge is 2.08. The molecule has 142 valence electrons. The molecular formula is C23H21ClN2O2. The molecule has 0 N–H and O–H groups in total. The summed E-state index contributed by atoms with van der Waals surface area (Å²) >= 11 is 5.90. The van der Waals surface area contributed by atoms with E-state index in [1.165, 1.54) is 0 Å². The molecule has 0 amide bonds. The lowest BCUT2D eigenvalue weighted by molar-refractivity contribution is 0.303. The van der Waals surface area contributed by atoms with E-state index >= 15 is 0 Å². The van der Waals surface area contributed by atoms with Crippen LogP contribution in [-0.2, 0) is 6.54 Å². The standard InChI is InChI=1S/C23H21ClN2O2/c24-18-9-11-20(12-10-18)27-16-4-3-15-26-22-8-2-1-7-21(22)25-23(26)14-13-19-6-5-17-28-19/h1-2,5-14,17H,3-4,15-16H2/b14-13+. The fourth-order valence-corrected chi connectivity index (χ4v) is 3.22. The van der Waals surface area contributed by atoms with Gasteiger partial charge in [-0.3, -0.25) is 0 Å². The Bertz CT molecular complexity index is 1050. The minimum atomic E-state index is 0.672. The van der Waals surface area contributed by atoms with Gasteiger partial charge in [-0.1, -0.05) is 23.7 Å². The number of aromatic nitrogens is 2. The van der Waals surface area contributed by atoms with Gasteiger partial charge in [0.2, 0.25) is 0 Å². The molecule has 0 saturated carbocycles. The van der Waals surface area contributed by atoms with Crippen molar-refractivity contribution < 1.29 is 9.15 Å². The Morgan fingerprint density at radius 2 is 1.82 bits per heavy atom. The van der Waals surface area contributed by atoms with Gasteiger partial charge in [0.25, 0.3) is 0 Å². The number of hydrogen-bond donors (Lipinski definition) is 0. The molecule has 0 aliphatic rings. The van der Waals surface area contributed by atoms with E-state index in [9.17, 15) is 0 Å². The summed E-state index contributed by atoms with van der Waals surface area (Å²) in [5, 5.41) is 0.717. The minimum absolute atomic E-state index is 0.672. The Morgan fingerprint density at radius 3 is 2.64 bits per heavy atom. The zero-order valence-electron chi connectivity index (χ0n) is 15.4. The normalized spacial score (nSPS) is 11.5. The molecule has 2 aromatic carbocycles. The number of para-hydroxylation sites is 2. The second kappa shape index (κ2) is 8.81. The van der Waals surface area contributed by atoms with Crippen molar-refractivity contribution in [2.75, 3.05) is 6.61 Å². The third kappa shape index (κ3) is 4.46. The number of rotatable bonds is 8. The molecule has 0 radical (unpaired) electrons. The van der Waals surface area contributed by atoms with Gasteiger partial charge in [0.1, 0.15) is 17.3 Å². The number of nitrogens with zero attached hydrogens (tertiary/aromatic N) is 2. The molecule has 5 heteroatoms. The van der Waals surface area contributed by atoms with E-state index < -0.39 is 0 Å². The molecule has 0 atom stereocenters. The van der Waals surface area contributed by atoms with E-state index in [0.29, 0.717) is 6.61 Å². The fourth-order valence-electron chi connectivity index (χ4n) is 3.09. The van der Waals surface area contributed by atoms with Crippen LogP contribution in [0.15, 0.2) is 71.3 Å². The zero-order valence-corrected chi connectivity index (χ0v) is 16.2. The van der Waals surface area contributed by atoms with Crippen LogP contribution >= 0.6 is 11.6 Å². The van der Waals surface area contributed by atoms with Crippen molar-refractivity contribution in [3.05, 3.63) is 83.5 Å². The van der Waals surface area contributed by atoms with Crippen molar-refractivity contribution in [1.29, 1.82) is 0 Å². The molecule has 28 heavy (non-hydrogen) atoms. The van der Waals surface area contributed by atoms with Gasteiger partial charge in [-0.25, -0.2) is 4.98 Å². The van der Waals surface area contributed by atoms with Crippen molar-refractivity contribution in [1.82, 2.24) is 9.55 Å². The molecular weight excluding hydrogens is 372 g/mol. The fraction of sp³-hybridized carbons (Fsp3) is 0.174. The van der Waals surface area contributed by atoms with Crippen LogP contribution in [0, 0.1) is 0 Å². The van der Waals surface area contributed by atoms with Gasteiger partial charge >= 0.3 is 0 Å². The minimum Gasteiger partial charge on any atom is -0.494 e. The smallest absolute Gasteiger partial charge is 0.133 e. The van der Waals surface area contributed by atoms with Gasteiger partial charge in [0, 0.05) is 11.6 Å². The monoisotopic (exact) mass is 392 g/mol. The van der Waals surface area contributed by atoms with Crippen LogP contribution in [-0.4, -0.2) is 16.2 Å². The molecule has 2 heterocycles. The lowest BCUT2D eigenvalue weighted by Gasteiger charge is -2.09. The summed E-state index contributed by atoms with van der Waals surface area (Å²) in [5.41, 5.74) is 2.14. The van der Waals surface area contributed by atoms with Gasteiger partial charge in [0.05, 0.1) is 23.9 Å². The maximum Gasteiger partial charge on any atom is 0.133 e. The molecule has 0 bridgehead atoms. The van der Waals surface area contributed by atoms with Gasteiger partial charge in [-0.2, -0.15) is 0 Å². The Labute approximate surface area is 169 Å². The van der Waals surface area contributed by atoms with E-state index in [0.717, 1.165) is 52.8 Å². The topological polar surface area (TPSA) is 40.2 Å². The first-order valence-electron chi connectivity index (χ1n) is 9.35. The highest BCUT2D eigenvalue weighted by molar-refractivity contribution is 6.30. The molecule has 2 aromatic heterocycles. The van der Waals surface area contributed by atoms with Crippen LogP contribution in [0.1, 0.15) is 24.4 Å². The van der Waals surface area contributed by atoms with Crippen LogP contribution < -0.4 is 4.74 Å². The number of halogens is 1. The van der Waals surface area contributed by atoms with E-state index in [2.05, 4.69) is 10.6 Å². The maximum absolute atomic E-state index is 5.90. The van der Waals surface area contributed by atoms with Crippen LogP contribution in [0.5, 0.6) is 5.75 Å². The molecule has 0 aliphatic carbocycles. The quantitative estimate of drug-likeness (QED) is 0.330. The van der Waals surface area contributed by atoms with Crippen molar-refractivity contribution in [3.63, 3.8) is 0 Å². The maximum atomic E-state index is 5.90. The predicted molar refractivity (Wildman–Crippen MR) is 114 cm³/mol. The third-order valence-corrected chi connectivity index (χ3v) is 4.73. The number of fused-ring (bicyclic) bond motifs is 1. The average Bonchev–Trinajstić information content (AvgIpc) is 3.35. The van der Waals surface area contributed by atoms with Crippen LogP contribution in [0.25, 0.3) is 23.2 Å². The van der Waals surface area contributed by atoms with Crippen molar-refractivity contribution in [2.24, 2.45) is 0 Å². The Balaban J connectivity index is 1.40. The first-order valence-corrected chi connectivity index (χ1v) is 9.72. The molecule has 0 spiro atoms. The van der Waals surface area contributed by atoms with E-state index in [1.807, 2.05) is 66.7 Å². The molecule has 0 saturated heterocycles. The summed E-state index contributed by atoms with van der Waals surface area (Å²) in [4.78, 5) is 4.76. The molecule has 0 unspecified atom stereocenters. The van der Waals surface area contributed by atoms with E-state index in [1.54, 1.807) is 6.26 Å². The second-order valence-corrected chi connectivity index (χ2v) is 6.91. The SMILES string of the molecule is Clc1ccc(OCCCCn2c(/C=C/c3ccco3)nc3ccccc32)cc1. The molecule has 0 fully saturated rings. The van der Waals surface area contributed by atoms with Gasteiger partial charge in [-0.15, -0.1) is 0 Å². The molecule has 0 aliphatic heterocycles. The molecule has 4 nitrogen and oxygen atoms in total. The number of furan rings is 1. The Hall–Kier alpha value is -2.98. The number of imidazole rings is 1. The average molecular weight is 393 g/mol. The number of unbranched alkanes of at least 4 members (excludes halogenated alkanes) is 1. The van der Waals surface area contributed by atoms with Gasteiger partial charge in [0.15, 0.2) is 0 Å². The largest absolute Gasteiger partial charge is 0.494 e. The summed E-state index contributed by atoms with van der Waals surface area (Å²) < 4.78 is 13.4. The number of ether oxygens (including phenoxy) is 1. The first kappa shape index (κ1) is 18.4.